The predicted molar refractivity (Wildman–Crippen MR) is 75.0 cm³/mol. The van der Waals surface area contributed by atoms with Crippen molar-refractivity contribution in [3.63, 3.8) is 0 Å². The van der Waals surface area contributed by atoms with Gasteiger partial charge in [0.25, 0.3) is 0 Å². The highest BCUT2D eigenvalue weighted by Gasteiger charge is 2.28. The van der Waals surface area contributed by atoms with Gasteiger partial charge in [-0.1, -0.05) is 24.1 Å². The second kappa shape index (κ2) is 6.06. The molecule has 1 fully saturated rings. The van der Waals surface area contributed by atoms with Crippen LogP contribution < -0.4 is 5.32 Å². The van der Waals surface area contributed by atoms with Crippen LogP contribution in [0.25, 0.3) is 0 Å². The lowest BCUT2D eigenvalue weighted by molar-refractivity contribution is -0.127. The smallest absolute Gasteiger partial charge is 0.237 e. The molecule has 0 bridgehead atoms. The molecule has 1 aliphatic heterocycles. The number of carbonyl (C=O) groups excluding carboxylic acids is 1. The van der Waals surface area contributed by atoms with E-state index in [4.69, 9.17) is 0 Å². The third-order valence-corrected chi connectivity index (χ3v) is 3.77. The summed E-state index contributed by atoms with van der Waals surface area (Å²) in [7, 11) is 1.68. The normalized spacial score (nSPS) is 20.2. The molecular formula is C15H22N2O2. The molecule has 104 valence electrons. The third-order valence-electron chi connectivity index (χ3n) is 3.77. The molecular weight excluding hydrogens is 240 g/mol. The number of nitrogens with one attached hydrogen (secondary N) is 1. The maximum atomic E-state index is 11.9. The van der Waals surface area contributed by atoms with Gasteiger partial charge in [0.1, 0.15) is 5.75 Å². The number of likely N-dealkylation sites (N-methyl/N-ethyl adjacent to an activating group) is 1. The molecule has 0 saturated carbocycles. The quantitative estimate of drug-likeness (QED) is 0.873. The Kier molecular flexibility index (Phi) is 4.43. The van der Waals surface area contributed by atoms with E-state index in [1.165, 1.54) is 0 Å². The lowest BCUT2D eigenvalue weighted by atomic mass is 10.00. The van der Waals surface area contributed by atoms with Crippen LogP contribution in [0, 0.1) is 6.92 Å². The van der Waals surface area contributed by atoms with E-state index in [9.17, 15) is 9.90 Å². The van der Waals surface area contributed by atoms with Crippen LogP contribution in [0.1, 0.15) is 30.4 Å². The summed E-state index contributed by atoms with van der Waals surface area (Å²) in [5, 5.41) is 12.7. The van der Waals surface area contributed by atoms with Crippen molar-refractivity contribution in [2.45, 2.75) is 38.8 Å². The van der Waals surface area contributed by atoms with E-state index in [2.05, 4.69) is 10.2 Å². The number of hydrogen-bond donors (Lipinski definition) is 2. The van der Waals surface area contributed by atoms with Gasteiger partial charge in [0.15, 0.2) is 0 Å². The van der Waals surface area contributed by atoms with Crippen LogP contribution in [0.3, 0.4) is 0 Å². The number of phenols is 1. The van der Waals surface area contributed by atoms with Crippen molar-refractivity contribution in [1.82, 2.24) is 10.2 Å². The van der Waals surface area contributed by atoms with Crippen LogP contribution >= 0.6 is 0 Å². The fraction of sp³-hybridized carbons (Fsp3) is 0.533. The van der Waals surface area contributed by atoms with Crippen LogP contribution in [-0.2, 0) is 11.3 Å². The molecule has 1 aromatic rings. The Labute approximate surface area is 114 Å². The number of likely N-dealkylation sites (tertiary alicyclic amines) is 1. The van der Waals surface area contributed by atoms with E-state index in [0.717, 1.165) is 36.9 Å². The minimum Gasteiger partial charge on any atom is -0.508 e. The van der Waals surface area contributed by atoms with Gasteiger partial charge in [-0.05, 0) is 32.4 Å². The zero-order valence-corrected chi connectivity index (χ0v) is 11.6. The number of piperidine rings is 1. The molecule has 0 spiro atoms. The van der Waals surface area contributed by atoms with Gasteiger partial charge in [-0.3, -0.25) is 9.69 Å². The van der Waals surface area contributed by atoms with Crippen LogP contribution in [0.2, 0.25) is 0 Å². The first-order chi connectivity index (χ1) is 9.11. The van der Waals surface area contributed by atoms with Crippen LogP contribution in [0.15, 0.2) is 18.2 Å². The van der Waals surface area contributed by atoms with E-state index >= 15 is 0 Å². The van der Waals surface area contributed by atoms with Gasteiger partial charge in [-0.25, -0.2) is 0 Å². The lowest BCUT2D eigenvalue weighted by Gasteiger charge is -2.34. The Morgan fingerprint density at radius 2 is 2.26 bits per heavy atom. The van der Waals surface area contributed by atoms with Gasteiger partial charge < -0.3 is 10.4 Å². The number of aryl methyl sites for hydroxylation is 1. The molecule has 2 rings (SSSR count). The van der Waals surface area contributed by atoms with Gasteiger partial charge >= 0.3 is 0 Å². The maximum Gasteiger partial charge on any atom is 0.237 e. The first-order valence-electron chi connectivity index (χ1n) is 6.86. The highest BCUT2D eigenvalue weighted by molar-refractivity contribution is 5.81. The van der Waals surface area contributed by atoms with Crippen molar-refractivity contribution >= 4 is 5.91 Å². The monoisotopic (exact) mass is 262 g/mol. The summed E-state index contributed by atoms with van der Waals surface area (Å²) in [6.07, 6.45) is 3.10. The van der Waals surface area contributed by atoms with Crippen molar-refractivity contribution < 1.29 is 9.90 Å². The third kappa shape index (κ3) is 3.26. The summed E-state index contributed by atoms with van der Waals surface area (Å²) in [6.45, 7) is 3.55. The fourth-order valence-electron chi connectivity index (χ4n) is 2.70. The van der Waals surface area contributed by atoms with Gasteiger partial charge in [0, 0.05) is 19.2 Å². The summed E-state index contributed by atoms with van der Waals surface area (Å²) in [4.78, 5) is 14.1. The molecule has 1 aliphatic rings. The minimum atomic E-state index is -0.0707. The summed E-state index contributed by atoms with van der Waals surface area (Å²) >= 11 is 0. The maximum absolute atomic E-state index is 11.9. The summed E-state index contributed by atoms with van der Waals surface area (Å²) in [5.74, 6) is 0.388. The van der Waals surface area contributed by atoms with Crippen LogP contribution in [-0.4, -0.2) is 35.5 Å². The Morgan fingerprint density at radius 1 is 1.47 bits per heavy atom. The van der Waals surface area contributed by atoms with E-state index in [1.807, 2.05) is 19.1 Å². The number of carbonyl (C=O) groups is 1. The average Bonchev–Trinajstić information content (AvgIpc) is 2.42. The Hall–Kier alpha value is -1.55. The Balaban J connectivity index is 2.15. The molecule has 1 aromatic carbocycles. The highest BCUT2D eigenvalue weighted by atomic mass is 16.3. The van der Waals surface area contributed by atoms with Gasteiger partial charge in [0.2, 0.25) is 5.91 Å². The molecule has 1 heterocycles. The van der Waals surface area contributed by atoms with Crippen molar-refractivity contribution in [3.8, 4) is 5.75 Å². The number of nitrogens with zero attached hydrogens (tertiary/aromatic N) is 1. The molecule has 1 unspecified atom stereocenters. The fourth-order valence-corrected chi connectivity index (χ4v) is 2.70. The number of phenolic OH excluding ortho intramolecular Hbond substituents is 1. The molecule has 4 heteroatoms. The van der Waals surface area contributed by atoms with Crippen molar-refractivity contribution in [2.75, 3.05) is 13.6 Å². The molecule has 4 nitrogen and oxygen atoms in total. The van der Waals surface area contributed by atoms with Gasteiger partial charge in [-0.2, -0.15) is 0 Å². The second-order valence-corrected chi connectivity index (χ2v) is 5.23. The molecule has 2 N–H and O–H groups in total. The molecule has 1 amide bonds. The first kappa shape index (κ1) is 13.9. The van der Waals surface area contributed by atoms with E-state index in [-0.39, 0.29) is 11.9 Å². The topological polar surface area (TPSA) is 52.6 Å². The van der Waals surface area contributed by atoms with E-state index in [1.54, 1.807) is 13.1 Å². The van der Waals surface area contributed by atoms with Gasteiger partial charge in [0.05, 0.1) is 6.04 Å². The second-order valence-electron chi connectivity index (χ2n) is 5.23. The molecule has 0 aromatic heterocycles. The summed E-state index contributed by atoms with van der Waals surface area (Å²) in [6, 6.07) is 5.54. The lowest BCUT2D eigenvalue weighted by Crippen LogP contribution is -2.48. The van der Waals surface area contributed by atoms with Gasteiger partial charge in [-0.15, -0.1) is 0 Å². The zero-order valence-electron chi connectivity index (χ0n) is 11.6. The van der Waals surface area contributed by atoms with E-state index in [0.29, 0.717) is 12.3 Å². The van der Waals surface area contributed by atoms with Crippen molar-refractivity contribution in [2.24, 2.45) is 0 Å². The molecule has 0 aliphatic carbocycles. The molecule has 1 saturated heterocycles. The summed E-state index contributed by atoms with van der Waals surface area (Å²) in [5.41, 5.74) is 2.03. The number of aromatic hydroxyl groups is 1. The van der Waals surface area contributed by atoms with Crippen molar-refractivity contribution in [3.05, 3.63) is 29.3 Å². The predicted octanol–water partition coefficient (Wildman–Crippen LogP) is 1.80. The SMILES string of the molecule is CNC(=O)C1CCCCN1Cc1cc(C)ccc1O. The number of hydrogen-bond acceptors (Lipinski definition) is 3. The van der Waals surface area contributed by atoms with E-state index < -0.39 is 0 Å². The largest absolute Gasteiger partial charge is 0.508 e. The zero-order chi connectivity index (χ0) is 13.8. The number of benzene rings is 1. The average molecular weight is 262 g/mol. The van der Waals surface area contributed by atoms with Crippen LogP contribution in [0.4, 0.5) is 0 Å². The Bertz CT molecular complexity index is 459. The van der Waals surface area contributed by atoms with Crippen LogP contribution in [0.5, 0.6) is 5.75 Å². The Morgan fingerprint density at radius 3 is 3.00 bits per heavy atom. The summed E-state index contributed by atoms with van der Waals surface area (Å²) < 4.78 is 0. The van der Waals surface area contributed by atoms with Crippen molar-refractivity contribution in [1.29, 1.82) is 0 Å². The first-order valence-corrected chi connectivity index (χ1v) is 6.86. The minimum absolute atomic E-state index is 0.0707. The highest BCUT2D eigenvalue weighted by Crippen LogP contribution is 2.24. The number of amides is 1. The molecule has 1 atom stereocenters. The molecule has 19 heavy (non-hydrogen) atoms. The number of rotatable bonds is 3. The standard InChI is InChI=1S/C15H22N2O2/c1-11-6-7-14(18)12(9-11)10-17-8-4-3-5-13(17)15(19)16-2/h6-7,9,13,18H,3-5,8,10H2,1-2H3,(H,16,19). The molecule has 0 radical (unpaired) electrons.